The molecule has 2 amide bonds. The first kappa shape index (κ1) is 19.8. The maximum atomic E-state index is 13.0. The number of unbranched alkanes of at least 4 members (excludes halogenated alkanes) is 2. The van der Waals surface area contributed by atoms with Crippen LogP contribution in [0.4, 0.5) is 20.9 Å². The summed E-state index contributed by atoms with van der Waals surface area (Å²) in [5, 5.41) is 6.08. The number of halogens is 1. The maximum absolute atomic E-state index is 13.0. The normalized spacial score (nSPS) is 10.8. The number of nitrogens with zero attached hydrogens (tertiary/aromatic N) is 1. The Kier molecular flexibility index (Phi) is 6.54. The van der Waals surface area contributed by atoms with E-state index in [9.17, 15) is 14.0 Å². The molecule has 28 heavy (non-hydrogen) atoms. The van der Waals surface area contributed by atoms with Crippen molar-refractivity contribution < 1.29 is 14.0 Å². The minimum absolute atomic E-state index is 0.0809. The Morgan fingerprint density at radius 2 is 1.71 bits per heavy atom. The summed E-state index contributed by atoms with van der Waals surface area (Å²) in [6, 6.07) is 11.6. The highest BCUT2D eigenvalue weighted by molar-refractivity contribution is 7.22. The highest BCUT2D eigenvalue weighted by atomic mass is 32.1. The summed E-state index contributed by atoms with van der Waals surface area (Å²) in [5.41, 5.74) is 7.13. The fraction of sp³-hybridized carbons (Fsp3) is 0.250. The molecule has 0 aliphatic rings. The van der Waals surface area contributed by atoms with Gasteiger partial charge in [0.1, 0.15) is 5.82 Å². The minimum Gasteiger partial charge on any atom is -0.397 e. The van der Waals surface area contributed by atoms with Crippen molar-refractivity contribution in [3.05, 3.63) is 48.3 Å². The van der Waals surface area contributed by atoms with Gasteiger partial charge in [0.25, 0.3) is 0 Å². The molecule has 0 bridgehead atoms. The number of amides is 2. The summed E-state index contributed by atoms with van der Waals surface area (Å²) < 4.78 is 14.0. The standard InChI is InChI=1S/C20H21FN4O2S/c21-13-10-11-15(14(22)12-13)23-18(26)8-2-1-3-9-19(27)25-20-24-16-6-4-5-7-17(16)28-20/h4-7,10-12H,1-3,8-9,22H2,(H,23,26)(H,24,25,27). The lowest BCUT2D eigenvalue weighted by atomic mass is 10.1. The van der Waals surface area contributed by atoms with Crippen LogP contribution in [0, 0.1) is 5.82 Å². The van der Waals surface area contributed by atoms with Gasteiger partial charge in [-0.3, -0.25) is 9.59 Å². The second kappa shape index (κ2) is 9.27. The Morgan fingerprint density at radius 3 is 2.43 bits per heavy atom. The molecular formula is C20H21FN4O2S. The van der Waals surface area contributed by atoms with Crippen LogP contribution in [0.3, 0.4) is 0 Å². The first-order valence-electron chi connectivity index (χ1n) is 9.01. The van der Waals surface area contributed by atoms with Crippen LogP contribution in [0.25, 0.3) is 10.2 Å². The summed E-state index contributed by atoms with van der Waals surface area (Å²) in [7, 11) is 0. The van der Waals surface area contributed by atoms with Crippen molar-refractivity contribution in [2.45, 2.75) is 32.1 Å². The Labute approximate surface area is 166 Å². The smallest absolute Gasteiger partial charge is 0.226 e. The number of para-hydroxylation sites is 1. The highest BCUT2D eigenvalue weighted by Crippen LogP contribution is 2.25. The molecule has 0 radical (unpaired) electrons. The third-order valence-corrected chi connectivity index (χ3v) is 5.09. The van der Waals surface area contributed by atoms with Gasteiger partial charge < -0.3 is 16.4 Å². The Hall–Kier alpha value is -3.00. The fourth-order valence-electron chi connectivity index (χ4n) is 2.72. The van der Waals surface area contributed by atoms with Crippen LogP contribution < -0.4 is 16.4 Å². The number of hydrogen-bond acceptors (Lipinski definition) is 5. The summed E-state index contributed by atoms with van der Waals surface area (Å²) in [4.78, 5) is 28.3. The second-order valence-electron chi connectivity index (χ2n) is 6.38. The van der Waals surface area contributed by atoms with Crippen molar-refractivity contribution in [3.8, 4) is 0 Å². The average molecular weight is 400 g/mol. The molecule has 146 valence electrons. The molecule has 1 aromatic heterocycles. The predicted molar refractivity (Wildman–Crippen MR) is 111 cm³/mol. The van der Waals surface area contributed by atoms with E-state index in [1.807, 2.05) is 24.3 Å². The van der Waals surface area contributed by atoms with Gasteiger partial charge in [0.05, 0.1) is 21.6 Å². The van der Waals surface area contributed by atoms with Crippen molar-refractivity contribution >= 4 is 49.9 Å². The molecule has 0 saturated carbocycles. The number of thiazole rings is 1. The van der Waals surface area contributed by atoms with Gasteiger partial charge in [-0.15, -0.1) is 0 Å². The van der Waals surface area contributed by atoms with Crippen LogP contribution in [-0.2, 0) is 9.59 Å². The van der Waals surface area contributed by atoms with Gasteiger partial charge in [-0.2, -0.15) is 0 Å². The number of carbonyl (C=O) groups excluding carboxylic acids is 2. The van der Waals surface area contributed by atoms with E-state index < -0.39 is 5.82 Å². The van der Waals surface area contributed by atoms with Crippen LogP contribution in [0.2, 0.25) is 0 Å². The van der Waals surface area contributed by atoms with Gasteiger partial charge in [0.15, 0.2) is 5.13 Å². The number of rotatable bonds is 8. The number of carbonyl (C=O) groups is 2. The predicted octanol–water partition coefficient (Wildman–Crippen LogP) is 4.55. The Balaban J connectivity index is 1.33. The van der Waals surface area contributed by atoms with Crippen molar-refractivity contribution in [2.24, 2.45) is 0 Å². The Bertz CT molecular complexity index is 956. The van der Waals surface area contributed by atoms with Gasteiger partial charge in [-0.25, -0.2) is 9.37 Å². The largest absolute Gasteiger partial charge is 0.397 e. The molecule has 3 rings (SSSR count). The van der Waals surface area contributed by atoms with Gasteiger partial charge in [-0.05, 0) is 43.2 Å². The van der Waals surface area contributed by atoms with E-state index in [-0.39, 0.29) is 17.5 Å². The molecule has 0 spiro atoms. The van der Waals surface area contributed by atoms with Gasteiger partial charge in [0, 0.05) is 12.8 Å². The van der Waals surface area contributed by atoms with Crippen molar-refractivity contribution in [2.75, 3.05) is 16.4 Å². The zero-order chi connectivity index (χ0) is 19.9. The summed E-state index contributed by atoms with van der Waals surface area (Å²) in [6.07, 6.45) is 2.78. The number of anilines is 3. The number of aromatic nitrogens is 1. The second-order valence-corrected chi connectivity index (χ2v) is 7.41. The van der Waals surface area contributed by atoms with Crippen molar-refractivity contribution in [1.29, 1.82) is 0 Å². The van der Waals surface area contributed by atoms with Crippen LogP contribution in [-0.4, -0.2) is 16.8 Å². The number of nitrogens with two attached hydrogens (primary N) is 1. The van der Waals surface area contributed by atoms with E-state index >= 15 is 0 Å². The topological polar surface area (TPSA) is 97.1 Å². The lowest BCUT2D eigenvalue weighted by Gasteiger charge is -2.08. The molecule has 0 unspecified atom stereocenters. The van der Waals surface area contributed by atoms with Crippen LogP contribution in [0.1, 0.15) is 32.1 Å². The minimum atomic E-state index is -0.445. The molecule has 3 aromatic rings. The summed E-state index contributed by atoms with van der Waals surface area (Å²) in [5.74, 6) is -0.709. The van der Waals surface area contributed by atoms with E-state index in [1.54, 1.807) is 0 Å². The lowest BCUT2D eigenvalue weighted by molar-refractivity contribution is -0.116. The first-order valence-corrected chi connectivity index (χ1v) is 9.83. The van der Waals surface area contributed by atoms with Crippen molar-refractivity contribution in [3.63, 3.8) is 0 Å². The van der Waals surface area contributed by atoms with E-state index in [0.29, 0.717) is 36.5 Å². The van der Waals surface area contributed by atoms with E-state index in [4.69, 9.17) is 5.73 Å². The molecule has 4 N–H and O–H groups in total. The highest BCUT2D eigenvalue weighted by Gasteiger charge is 2.09. The molecule has 8 heteroatoms. The number of fused-ring (bicyclic) bond motifs is 1. The number of nitrogen functional groups attached to an aromatic ring is 1. The van der Waals surface area contributed by atoms with E-state index in [0.717, 1.165) is 16.6 Å². The molecular weight excluding hydrogens is 379 g/mol. The SMILES string of the molecule is Nc1cc(F)ccc1NC(=O)CCCCCC(=O)Nc1nc2ccccc2s1. The molecule has 0 saturated heterocycles. The van der Waals surface area contributed by atoms with Gasteiger partial charge >= 0.3 is 0 Å². The molecule has 0 fully saturated rings. The Morgan fingerprint density at radius 1 is 1.00 bits per heavy atom. The number of benzene rings is 2. The van der Waals surface area contributed by atoms with Crippen LogP contribution in [0.5, 0.6) is 0 Å². The molecule has 0 aliphatic carbocycles. The monoisotopic (exact) mass is 400 g/mol. The zero-order valence-corrected chi connectivity index (χ0v) is 16.0. The van der Waals surface area contributed by atoms with Gasteiger partial charge in [-0.1, -0.05) is 29.9 Å². The van der Waals surface area contributed by atoms with Crippen molar-refractivity contribution in [1.82, 2.24) is 4.98 Å². The van der Waals surface area contributed by atoms with Gasteiger partial charge in [0.2, 0.25) is 11.8 Å². The van der Waals surface area contributed by atoms with Crippen LogP contribution >= 0.6 is 11.3 Å². The molecule has 0 atom stereocenters. The quantitative estimate of drug-likeness (QED) is 0.382. The first-order chi connectivity index (χ1) is 13.5. The summed E-state index contributed by atoms with van der Waals surface area (Å²) >= 11 is 1.45. The number of hydrogen-bond donors (Lipinski definition) is 3. The zero-order valence-electron chi connectivity index (χ0n) is 15.2. The molecule has 6 nitrogen and oxygen atoms in total. The third kappa shape index (κ3) is 5.50. The lowest BCUT2D eigenvalue weighted by Crippen LogP contribution is -2.13. The van der Waals surface area contributed by atoms with E-state index in [2.05, 4.69) is 15.6 Å². The fourth-order valence-corrected chi connectivity index (χ4v) is 3.60. The summed E-state index contributed by atoms with van der Waals surface area (Å²) in [6.45, 7) is 0. The third-order valence-electron chi connectivity index (χ3n) is 4.14. The van der Waals surface area contributed by atoms with E-state index in [1.165, 1.54) is 29.5 Å². The number of nitrogens with one attached hydrogen (secondary N) is 2. The van der Waals surface area contributed by atoms with Crippen LogP contribution in [0.15, 0.2) is 42.5 Å². The molecule has 2 aromatic carbocycles. The molecule has 0 aliphatic heterocycles. The average Bonchev–Trinajstić information content (AvgIpc) is 3.06. The maximum Gasteiger partial charge on any atom is 0.226 e. The molecule has 1 heterocycles.